The summed E-state index contributed by atoms with van der Waals surface area (Å²) in [6.07, 6.45) is 0. The molecule has 2 aromatic carbocycles. The van der Waals surface area contributed by atoms with Crippen LogP contribution in [0.1, 0.15) is 15.9 Å². The van der Waals surface area contributed by atoms with Gasteiger partial charge in [0.2, 0.25) is 0 Å². The van der Waals surface area contributed by atoms with Crippen molar-refractivity contribution in [2.45, 2.75) is 6.92 Å². The van der Waals surface area contributed by atoms with E-state index in [1.54, 1.807) is 6.07 Å². The van der Waals surface area contributed by atoms with Crippen molar-refractivity contribution < 1.29 is 14.3 Å². The van der Waals surface area contributed by atoms with Crippen molar-refractivity contribution in [1.82, 2.24) is 5.32 Å². The number of halogens is 2. The first kappa shape index (κ1) is 21.8. The van der Waals surface area contributed by atoms with Crippen LogP contribution in [0.2, 0.25) is 5.02 Å². The summed E-state index contributed by atoms with van der Waals surface area (Å²) in [6.45, 7) is 4.59. The lowest BCUT2D eigenvalue weighted by Gasteiger charge is -2.31. The van der Waals surface area contributed by atoms with Gasteiger partial charge in [0.05, 0.1) is 42.3 Å². The fourth-order valence-electron chi connectivity index (χ4n) is 3.22. The van der Waals surface area contributed by atoms with Gasteiger partial charge in [0.15, 0.2) is 5.11 Å². The van der Waals surface area contributed by atoms with Crippen molar-refractivity contribution in [3.63, 3.8) is 0 Å². The highest BCUT2D eigenvalue weighted by molar-refractivity contribution is 9.10. The van der Waals surface area contributed by atoms with E-state index in [9.17, 15) is 4.79 Å². The van der Waals surface area contributed by atoms with E-state index in [-0.39, 0.29) is 11.0 Å². The van der Waals surface area contributed by atoms with Gasteiger partial charge in [-0.25, -0.2) is 0 Å². The molecule has 154 valence electrons. The molecule has 0 atom stereocenters. The van der Waals surface area contributed by atoms with Crippen LogP contribution in [0.5, 0.6) is 5.75 Å². The second kappa shape index (κ2) is 9.75. The van der Waals surface area contributed by atoms with Crippen LogP contribution in [-0.4, -0.2) is 44.4 Å². The third-order valence-corrected chi connectivity index (χ3v) is 5.44. The Labute approximate surface area is 188 Å². The van der Waals surface area contributed by atoms with E-state index in [0.717, 1.165) is 34.5 Å². The Bertz CT molecular complexity index is 935. The van der Waals surface area contributed by atoms with Crippen LogP contribution in [0.3, 0.4) is 0 Å². The van der Waals surface area contributed by atoms with Crippen LogP contribution in [0, 0.1) is 6.92 Å². The number of morpholine rings is 1. The molecular formula is C20H21BrClN3O3S. The number of carbonyl (C=O) groups excluding carboxylic acids is 1. The van der Waals surface area contributed by atoms with Crippen molar-refractivity contribution in [3.8, 4) is 5.75 Å². The highest BCUT2D eigenvalue weighted by Crippen LogP contribution is 2.34. The maximum atomic E-state index is 12.8. The number of hydrogen-bond acceptors (Lipinski definition) is 5. The van der Waals surface area contributed by atoms with Crippen molar-refractivity contribution in [1.29, 1.82) is 0 Å². The third-order valence-electron chi connectivity index (χ3n) is 4.48. The summed E-state index contributed by atoms with van der Waals surface area (Å²) in [5.41, 5.74) is 2.80. The summed E-state index contributed by atoms with van der Waals surface area (Å²) >= 11 is 15.2. The number of nitrogens with one attached hydrogen (secondary N) is 2. The number of para-hydroxylation sites is 1. The van der Waals surface area contributed by atoms with Gasteiger partial charge in [-0.2, -0.15) is 0 Å². The highest BCUT2D eigenvalue weighted by atomic mass is 79.9. The van der Waals surface area contributed by atoms with Gasteiger partial charge in [-0.05, 0) is 49.0 Å². The Kier molecular flexibility index (Phi) is 7.34. The number of hydrogen-bond donors (Lipinski definition) is 2. The number of ether oxygens (including phenoxy) is 2. The monoisotopic (exact) mass is 497 g/mol. The minimum atomic E-state index is -0.362. The number of methoxy groups -OCH3 is 1. The van der Waals surface area contributed by atoms with E-state index in [1.807, 2.05) is 31.2 Å². The summed E-state index contributed by atoms with van der Waals surface area (Å²) in [4.78, 5) is 14.9. The van der Waals surface area contributed by atoms with Gasteiger partial charge in [0.25, 0.3) is 5.91 Å². The number of nitrogens with zero attached hydrogens (tertiary/aromatic N) is 1. The zero-order valence-corrected chi connectivity index (χ0v) is 19.2. The molecule has 1 amide bonds. The van der Waals surface area contributed by atoms with Crippen molar-refractivity contribution in [2.75, 3.05) is 43.6 Å². The third kappa shape index (κ3) is 5.19. The lowest BCUT2D eigenvalue weighted by molar-refractivity contribution is 0.0974. The molecule has 1 aliphatic rings. The molecule has 0 unspecified atom stereocenters. The lowest BCUT2D eigenvalue weighted by atomic mass is 10.1. The Morgan fingerprint density at radius 2 is 2.03 bits per heavy atom. The molecular weight excluding hydrogens is 478 g/mol. The second-order valence-corrected chi connectivity index (χ2v) is 8.18. The Balaban J connectivity index is 1.78. The summed E-state index contributed by atoms with van der Waals surface area (Å²) in [6, 6.07) is 9.11. The van der Waals surface area contributed by atoms with Crippen LogP contribution < -0.4 is 20.3 Å². The zero-order chi connectivity index (χ0) is 21.0. The largest absolute Gasteiger partial charge is 0.496 e. The minimum absolute atomic E-state index is 0.173. The first-order valence-electron chi connectivity index (χ1n) is 8.98. The summed E-state index contributed by atoms with van der Waals surface area (Å²) in [7, 11) is 1.53. The molecule has 0 radical (unpaired) electrons. The van der Waals surface area contributed by atoms with Gasteiger partial charge < -0.3 is 19.7 Å². The molecule has 6 nitrogen and oxygen atoms in total. The fourth-order valence-corrected chi connectivity index (χ4v) is 4.29. The normalized spacial score (nSPS) is 13.7. The number of carbonyl (C=O) groups is 1. The number of anilines is 2. The van der Waals surface area contributed by atoms with Crippen LogP contribution in [0.4, 0.5) is 11.4 Å². The molecule has 1 heterocycles. The zero-order valence-electron chi connectivity index (χ0n) is 16.1. The molecule has 29 heavy (non-hydrogen) atoms. The Morgan fingerprint density at radius 1 is 1.31 bits per heavy atom. The van der Waals surface area contributed by atoms with E-state index in [0.29, 0.717) is 29.5 Å². The predicted molar refractivity (Wildman–Crippen MR) is 124 cm³/mol. The number of thiocarbonyl (C=S) groups is 1. The van der Waals surface area contributed by atoms with Gasteiger partial charge in [-0.15, -0.1) is 0 Å². The molecule has 0 saturated carbocycles. The van der Waals surface area contributed by atoms with Crippen LogP contribution >= 0.6 is 39.7 Å². The molecule has 2 N–H and O–H groups in total. The smallest absolute Gasteiger partial charge is 0.261 e. The van der Waals surface area contributed by atoms with Gasteiger partial charge in [-0.3, -0.25) is 10.1 Å². The fraction of sp³-hybridized carbons (Fsp3) is 0.300. The molecule has 0 bridgehead atoms. The first-order valence-corrected chi connectivity index (χ1v) is 10.6. The molecule has 1 fully saturated rings. The average Bonchev–Trinajstić information content (AvgIpc) is 2.68. The van der Waals surface area contributed by atoms with Crippen LogP contribution in [0.25, 0.3) is 0 Å². The standard InChI is InChI=1S/C20H21BrClN3O3S/c1-12-10-13(21)11-14(18(12)27-2)19(26)24-20(29)23-16-5-3-4-15(22)17(16)25-6-8-28-9-7-25/h3-5,10-11H,6-9H2,1-2H3,(H2,23,24,26,29). The topological polar surface area (TPSA) is 62.8 Å². The lowest BCUT2D eigenvalue weighted by Crippen LogP contribution is -2.38. The van der Waals surface area contributed by atoms with Gasteiger partial charge >= 0.3 is 0 Å². The quantitative estimate of drug-likeness (QED) is 0.610. The first-order chi connectivity index (χ1) is 13.9. The van der Waals surface area contributed by atoms with E-state index in [4.69, 9.17) is 33.3 Å². The number of rotatable bonds is 4. The second-order valence-electron chi connectivity index (χ2n) is 6.45. The molecule has 0 aromatic heterocycles. The SMILES string of the molecule is COc1c(C)cc(Br)cc1C(=O)NC(=S)Nc1cccc(Cl)c1N1CCOCC1. The van der Waals surface area contributed by atoms with Crippen molar-refractivity contribution >= 4 is 62.1 Å². The molecule has 9 heteroatoms. The Hall–Kier alpha value is -1.87. The Morgan fingerprint density at radius 3 is 2.72 bits per heavy atom. The van der Waals surface area contributed by atoms with Crippen LogP contribution in [0.15, 0.2) is 34.8 Å². The van der Waals surface area contributed by atoms with Gasteiger partial charge in [-0.1, -0.05) is 33.6 Å². The van der Waals surface area contributed by atoms with Gasteiger partial charge in [0, 0.05) is 17.6 Å². The molecule has 1 saturated heterocycles. The summed E-state index contributed by atoms with van der Waals surface area (Å²) in [5.74, 6) is 0.143. The minimum Gasteiger partial charge on any atom is -0.496 e. The molecule has 3 rings (SSSR count). The predicted octanol–water partition coefficient (Wildman–Crippen LogP) is 4.38. The number of aryl methyl sites for hydroxylation is 1. The summed E-state index contributed by atoms with van der Waals surface area (Å²) in [5, 5.41) is 6.59. The van der Waals surface area contributed by atoms with E-state index < -0.39 is 0 Å². The van der Waals surface area contributed by atoms with Crippen molar-refractivity contribution in [2.24, 2.45) is 0 Å². The molecule has 0 spiro atoms. The van der Waals surface area contributed by atoms with E-state index in [1.165, 1.54) is 7.11 Å². The number of amides is 1. The molecule has 1 aliphatic heterocycles. The van der Waals surface area contributed by atoms with Crippen LogP contribution in [-0.2, 0) is 4.74 Å². The maximum absolute atomic E-state index is 12.8. The molecule has 2 aromatic rings. The highest BCUT2D eigenvalue weighted by Gasteiger charge is 2.20. The molecule has 0 aliphatic carbocycles. The summed E-state index contributed by atoms with van der Waals surface area (Å²) < 4.78 is 11.6. The van der Waals surface area contributed by atoms with E-state index in [2.05, 4.69) is 31.5 Å². The van der Waals surface area contributed by atoms with E-state index >= 15 is 0 Å². The van der Waals surface area contributed by atoms with Gasteiger partial charge in [0.1, 0.15) is 5.75 Å². The van der Waals surface area contributed by atoms with Crippen molar-refractivity contribution in [3.05, 3.63) is 51.0 Å². The number of benzene rings is 2. The maximum Gasteiger partial charge on any atom is 0.261 e. The average molecular weight is 499 g/mol.